The molecular formula is C22H17BrN2O2. The third-order valence-corrected chi connectivity index (χ3v) is 4.60. The average Bonchev–Trinajstić information content (AvgIpc) is 3.08. The SMILES string of the molecule is Cc1cccc(NC(=O)/C(C#N)=C/c2ccc(-c3ccc(C)cc3Br)o2)c1. The highest BCUT2D eigenvalue weighted by Gasteiger charge is 2.12. The maximum absolute atomic E-state index is 12.4. The maximum Gasteiger partial charge on any atom is 0.266 e. The fourth-order valence-electron chi connectivity index (χ4n) is 2.61. The lowest BCUT2D eigenvalue weighted by Crippen LogP contribution is -2.13. The lowest BCUT2D eigenvalue weighted by atomic mass is 10.1. The second-order valence-corrected chi connectivity index (χ2v) is 7.03. The molecule has 0 aliphatic heterocycles. The lowest BCUT2D eigenvalue weighted by Gasteiger charge is -2.04. The van der Waals surface area contributed by atoms with E-state index in [9.17, 15) is 10.1 Å². The van der Waals surface area contributed by atoms with Crippen LogP contribution in [0.3, 0.4) is 0 Å². The molecule has 0 aliphatic rings. The van der Waals surface area contributed by atoms with E-state index in [2.05, 4.69) is 21.2 Å². The number of nitrogens with zero attached hydrogens (tertiary/aromatic N) is 1. The molecule has 3 rings (SSSR count). The van der Waals surface area contributed by atoms with E-state index in [4.69, 9.17) is 4.42 Å². The molecule has 1 aromatic heterocycles. The molecule has 0 saturated carbocycles. The molecule has 27 heavy (non-hydrogen) atoms. The molecule has 0 spiro atoms. The first-order valence-corrected chi connectivity index (χ1v) is 9.12. The number of hydrogen-bond donors (Lipinski definition) is 1. The summed E-state index contributed by atoms with van der Waals surface area (Å²) in [5.74, 6) is 0.621. The van der Waals surface area contributed by atoms with Crippen LogP contribution in [-0.4, -0.2) is 5.91 Å². The first-order valence-electron chi connectivity index (χ1n) is 8.32. The van der Waals surface area contributed by atoms with Crippen LogP contribution in [0.1, 0.15) is 16.9 Å². The number of anilines is 1. The number of nitrogens with one attached hydrogen (secondary N) is 1. The van der Waals surface area contributed by atoms with Crippen LogP contribution in [0, 0.1) is 25.2 Å². The summed E-state index contributed by atoms with van der Waals surface area (Å²) in [6.07, 6.45) is 1.44. The molecule has 0 unspecified atom stereocenters. The number of aryl methyl sites for hydroxylation is 2. The average molecular weight is 421 g/mol. The summed E-state index contributed by atoms with van der Waals surface area (Å²) >= 11 is 3.53. The van der Waals surface area contributed by atoms with Crippen LogP contribution >= 0.6 is 15.9 Å². The molecule has 0 saturated heterocycles. The second-order valence-electron chi connectivity index (χ2n) is 6.18. The van der Waals surface area contributed by atoms with Crippen molar-refractivity contribution in [1.82, 2.24) is 0 Å². The monoisotopic (exact) mass is 420 g/mol. The quantitative estimate of drug-likeness (QED) is 0.423. The number of furan rings is 1. The van der Waals surface area contributed by atoms with Crippen LogP contribution < -0.4 is 5.32 Å². The second kappa shape index (κ2) is 8.07. The lowest BCUT2D eigenvalue weighted by molar-refractivity contribution is -0.112. The summed E-state index contributed by atoms with van der Waals surface area (Å²) in [5.41, 5.74) is 3.68. The Labute approximate surface area is 166 Å². The number of amides is 1. The molecule has 1 N–H and O–H groups in total. The highest BCUT2D eigenvalue weighted by atomic mass is 79.9. The minimum absolute atomic E-state index is 0.0274. The van der Waals surface area contributed by atoms with Crippen LogP contribution in [0.2, 0.25) is 0 Å². The van der Waals surface area contributed by atoms with Crippen LogP contribution in [0.25, 0.3) is 17.4 Å². The fourth-order valence-corrected chi connectivity index (χ4v) is 3.30. The zero-order valence-corrected chi connectivity index (χ0v) is 16.5. The Hall–Kier alpha value is -3.10. The van der Waals surface area contributed by atoms with Gasteiger partial charge in [0, 0.05) is 21.8 Å². The predicted octanol–water partition coefficient (Wildman–Crippen LogP) is 5.87. The van der Waals surface area contributed by atoms with Gasteiger partial charge >= 0.3 is 0 Å². The molecule has 4 nitrogen and oxygen atoms in total. The fraction of sp³-hybridized carbons (Fsp3) is 0.0909. The van der Waals surface area contributed by atoms with Crippen molar-refractivity contribution in [3.63, 3.8) is 0 Å². The number of nitriles is 1. The van der Waals surface area contributed by atoms with Crippen LogP contribution in [0.5, 0.6) is 0 Å². The van der Waals surface area contributed by atoms with Gasteiger partial charge in [0.05, 0.1) is 0 Å². The molecule has 2 aromatic carbocycles. The summed E-state index contributed by atoms with van der Waals surface area (Å²) in [6.45, 7) is 3.95. The predicted molar refractivity (Wildman–Crippen MR) is 110 cm³/mol. The number of hydrogen-bond acceptors (Lipinski definition) is 3. The Morgan fingerprint density at radius 2 is 1.89 bits per heavy atom. The van der Waals surface area contributed by atoms with Gasteiger partial charge in [-0.1, -0.05) is 34.1 Å². The summed E-state index contributed by atoms with van der Waals surface area (Å²) in [5, 5.41) is 12.1. The minimum Gasteiger partial charge on any atom is -0.457 e. The number of carbonyl (C=O) groups is 1. The van der Waals surface area contributed by atoms with Gasteiger partial charge in [-0.2, -0.15) is 5.26 Å². The number of benzene rings is 2. The summed E-state index contributed by atoms with van der Waals surface area (Å²) < 4.78 is 6.73. The van der Waals surface area contributed by atoms with Crippen molar-refractivity contribution in [3.05, 3.63) is 81.5 Å². The molecule has 1 amide bonds. The van der Waals surface area contributed by atoms with E-state index in [1.807, 2.05) is 62.4 Å². The molecule has 0 fully saturated rings. The first-order chi connectivity index (χ1) is 13.0. The summed E-state index contributed by atoms with van der Waals surface area (Å²) in [7, 11) is 0. The van der Waals surface area contributed by atoms with Crippen molar-refractivity contribution in [2.24, 2.45) is 0 Å². The van der Waals surface area contributed by atoms with E-state index in [0.717, 1.165) is 21.2 Å². The van der Waals surface area contributed by atoms with Crippen LogP contribution in [0.4, 0.5) is 5.69 Å². The molecular weight excluding hydrogens is 404 g/mol. The Morgan fingerprint density at radius 3 is 2.59 bits per heavy atom. The first kappa shape index (κ1) is 18.7. The van der Waals surface area contributed by atoms with Crippen molar-refractivity contribution >= 4 is 33.6 Å². The highest BCUT2D eigenvalue weighted by Crippen LogP contribution is 2.31. The van der Waals surface area contributed by atoms with Crippen molar-refractivity contribution in [2.45, 2.75) is 13.8 Å². The van der Waals surface area contributed by atoms with Crippen molar-refractivity contribution in [1.29, 1.82) is 5.26 Å². The zero-order chi connectivity index (χ0) is 19.4. The molecule has 0 aliphatic carbocycles. The van der Waals surface area contributed by atoms with Crippen molar-refractivity contribution < 1.29 is 9.21 Å². The van der Waals surface area contributed by atoms with Crippen LogP contribution in [0.15, 0.2) is 69.1 Å². The zero-order valence-electron chi connectivity index (χ0n) is 14.9. The van der Waals surface area contributed by atoms with Gasteiger partial charge in [-0.25, -0.2) is 0 Å². The number of carbonyl (C=O) groups excluding carboxylic acids is 1. The van der Waals surface area contributed by atoms with E-state index < -0.39 is 5.91 Å². The Bertz CT molecular complexity index is 1070. The smallest absolute Gasteiger partial charge is 0.266 e. The minimum atomic E-state index is -0.474. The Kier molecular flexibility index (Phi) is 5.58. The van der Waals surface area contributed by atoms with E-state index in [-0.39, 0.29) is 5.57 Å². The van der Waals surface area contributed by atoms with E-state index in [1.54, 1.807) is 12.1 Å². The molecule has 3 aromatic rings. The normalized spacial score (nSPS) is 11.1. The standard InChI is InChI=1S/C22H17BrN2O2/c1-14-4-3-5-17(10-14)25-22(26)16(13-24)12-18-7-9-21(27-18)19-8-6-15(2)11-20(19)23/h3-12H,1-2H3,(H,25,26)/b16-12+. The summed E-state index contributed by atoms with van der Waals surface area (Å²) in [6, 6.07) is 18.8. The van der Waals surface area contributed by atoms with Crippen molar-refractivity contribution in [2.75, 3.05) is 5.32 Å². The largest absolute Gasteiger partial charge is 0.457 e. The van der Waals surface area contributed by atoms with Crippen LogP contribution in [-0.2, 0) is 4.79 Å². The third kappa shape index (κ3) is 4.55. The molecule has 0 radical (unpaired) electrons. The highest BCUT2D eigenvalue weighted by molar-refractivity contribution is 9.10. The van der Waals surface area contributed by atoms with E-state index >= 15 is 0 Å². The Balaban J connectivity index is 1.83. The van der Waals surface area contributed by atoms with Gasteiger partial charge in [-0.05, 0) is 61.4 Å². The van der Waals surface area contributed by atoms with Gasteiger partial charge in [0.1, 0.15) is 23.2 Å². The molecule has 5 heteroatoms. The van der Waals surface area contributed by atoms with Gasteiger partial charge in [0.25, 0.3) is 5.91 Å². The van der Waals surface area contributed by atoms with Crippen molar-refractivity contribution in [3.8, 4) is 17.4 Å². The summed E-state index contributed by atoms with van der Waals surface area (Å²) in [4.78, 5) is 12.4. The molecule has 0 atom stereocenters. The van der Waals surface area contributed by atoms with Gasteiger partial charge in [0.2, 0.25) is 0 Å². The molecule has 1 heterocycles. The Morgan fingerprint density at radius 1 is 1.11 bits per heavy atom. The third-order valence-electron chi connectivity index (χ3n) is 3.94. The van der Waals surface area contributed by atoms with Gasteiger partial charge in [-0.3, -0.25) is 4.79 Å². The molecule has 0 bridgehead atoms. The molecule has 134 valence electrons. The van der Waals surface area contributed by atoms with Gasteiger partial charge < -0.3 is 9.73 Å². The van der Waals surface area contributed by atoms with E-state index in [0.29, 0.717) is 17.2 Å². The van der Waals surface area contributed by atoms with E-state index in [1.165, 1.54) is 6.08 Å². The number of halogens is 1. The van der Waals surface area contributed by atoms with Gasteiger partial charge in [-0.15, -0.1) is 0 Å². The number of rotatable bonds is 4. The maximum atomic E-state index is 12.4. The topological polar surface area (TPSA) is 66.0 Å². The van der Waals surface area contributed by atoms with Gasteiger partial charge in [0.15, 0.2) is 0 Å².